The van der Waals surface area contributed by atoms with E-state index < -0.39 is 32.5 Å². The van der Waals surface area contributed by atoms with Gasteiger partial charge < -0.3 is 20.1 Å². The van der Waals surface area contributed by atoms with Crippen LogP contribution in [0.4, 0.5) is 0 Å². The zero-order valence-electron chi connectivity index (χ0n) is 46.7. The van der Waals surface area contributed by atoms with E-state index in [-0.39, 0.29) is 32.6 Å². The van der Waals surface area contributed by atoms with Gasteiger partial charge in [0.2, 0.25) is 0 Å². The minimum atomic E-state index is -4.42. The standard InChI is InChI=1S/C65H102NO8P/c1-3-5-7-9-11-13-15-17-19-21-23-24-25-26-27-28-29-30-31-32-33-34-35-36-37-38-40-42-44-46-48-50-52-54-56-58-65(68)74-63(62-73-75(69,70)72-60-59-66)61-71-64(67)57-55-53-51-49-47-45-43-41-39-22-20-18-16-14-12-10-8-6-4-2/h5-8,11-14,17-20,23-24,26-27,29-30,32-33,35-36,39,41,45,47,51,53,63H,3-4,9-10,15-16,21-22,25,28,31,34,37-38,40,42-44,46,48-50,52,54-62,66H2,1-2H3,(H,69,70)/b7-5-,8-6-,13-11-,14-12-,19-17-,20-18-,24-23-,27-26-,30-29-,33-32-,36-35-,41-39-,47-45-,53-51-. The maximum atomic E-state index is 12.7. The lowest BCUT2D eigenvalue weighted by molar-refractivity contribution is -0.161. The van der Waals surface area contributed by atoms with E-state index in [0.717, 1.165) is 116 Å². The topological polar surface area (TPSA) is 134 Å². The third kappa shape index (κ3) is 58.5. The minimum Gasteiger partial charge on any atom is -0.462 e. The zero-order chi connectivity index (χ0) is 54.5. The first-order valence-electron chi connectivity index (χ1n) is 28.6. The van der Waals surface area contributed by atoms with Gasteiger partial charge in [-0.3, -0.25) is 18.6 Å². The van der Waals surface area contributed by atoms with Crippen LogP contribution < -0.4 is 5.73 Å². The molecule has 2 atom stereocenters. The second-order valence-electron chi connectivity index (χ2n) is 18.0. The van der Waals surface area contributed by atoms with Gasteiger partial charge in [-0.25, -0.2) is 4.57 Å². The molecule has 3 N–H and O–H groups in total. The molecule has 0 amide bonds. The summed E-state index contributed by atoms with van der Waals surface area (Å²) in [5.74, 6) is -0.946. The maximum Gasteiger partial charge on any atom is 0.472 e. The molecule has 0 saturated carbocycles. The number of unbranched alkanes of at least 4 members (excludes halogenated alkanes) is 10. The van der Waals surface area contributed by atoms with Gasteiger partial charge in [-0.2, -0.15) is 0 Å². The smallest absolute Gasteiger partial charge is 0.462 e. The van der Waals surface area contributed by atoms with Gasteiger partial charge in [-0.05, 0) is 116 Å². The average Bonchev–Trinajstić information content (AvgIpc) is 3.40. The van der Waals surface area contributed by atoms with Crippen molar-refractivity contribution in [3.63, 3.8) is 0 Å². The highest BCUT2D eigenvalue weighted by Gasteiger charge is 2.26. The van der Waals surface area contributed by atoms with Crippen LogP contribution in [0.5, 0.6) is 0 Å². The number of rotatable bonds is 51. The first-order chi connectivity index (χ1) is 36.8. The van der Waals surface area contributed by atoms with Crippen molar-refractivity contribution in [3.8, 4) is 0 Å². The van der Waals surface area contributed by atoms with E-state index in [1.165, 1.54) is 38.5 Å². The van der Waals surface area contributed by atoms with Gasteiger partial charge in [0.05, 0.1) is 13.2 Å². The lowest BCUT2D eigenvalue weighted by Gasteiger charge is -2.19. The molecule has 0 rings (SSSR count). The van der Waals surface area contributed by atoms with Crippen molar-refractivity contribution in [3.05, 3.63) is 170 Å². The first kappa shape index (κ1) is 70.4. The molecule has 0 bridgehead atoms. The van der Waals surface area contributed by atoms with E-state index in [1.54, 1.807) is 0 Å². The summed E-state index contributed by atoms with van der Waals surface area (Å²) in [5.41, 5.74) is 5.37. The molecular weight excluding hydrogens is 954 g/mol. The fourth-order valence-corrected chi connectivity index (χ4v) is 7.74. The molecule has 10 heteroatoms. The van der Waals surface area contributed by atoms with Gasteiger partial charge in [0, 0.05) is 19.4 Å². The molecule has 2 unspecified atom stereocenters. The Kier molecular flexibility index (Phi) is 55.0. The lowest BCUT2D eigenvalue weighted by Crippen LogP contribution is -2.29. The second kappa shape index (κ2) is 58.6. The highest BCUT2D eigenvalue weighted by Crippen LogP contribution is 2.43. The molecule has 420 valence electrons. The third-order valence-corrected chi connectivity index (χ3v) is 12.1. The van der Waals surface area contributed by atoms with Crippen molar-refractivity contribution < 1.29 is 37.6 Å². The molecule has 0 radical (unpaired) electrons. The maximum absolute atomic E-state index is 12.7. The monoisotopic (exact) mass is 1060 g/mol. The molecule has 9 nitrogen and oxygen atoms in total. The van der Waals surface area contributed by atoms with E-state index in [2.05, 4.69) is 172 Å². The largest absolute Gasteiger partial charge is 0.472 e. The average molecular weight is 1060 g/mol. The number of allylic oxidation sites excluding steroid dienone is 28. The number of phosphoric ester groups is 1. The van der Waals surface area contributed by atoms with E-state index in [1.807, 2.05) is 12.2 Å². The van der Waals surface area contributed by atoms with Crippen molar-refractivity contribution in [1.82, 2.24) is 0 Å². The van der Waals surface area contributed by atoms with Crippen LogP contribution in [0.2, 0.25) is 0 Å². The van der Waals surface area contributed by atoms with E-state index >= 15 is 0 Å². The van der Waals surface area contributed by atoms with Crippen LogP contribution in [0, 0.1) is 0 Å². The Morgan fingerprint density at radius 3 is 1.08 bits per heavy atom. The van der Waals surface area contributed by atoms with Crippen LogP contribution >= 0.6 is 7.82 Å². The van der Waals surface area contributed by atoms with Crippen molar-refractivity contribution in [2.45, 2.75) is 200 Å². The zero-order valence-corrected chi connectivity index (χ0v) is 47.6. The van der Waals surface area contributed by atoms with Gasteiger partial charge in [-0.15, -0.1) is 0 Å². The number of carbonyl (C=O) groups is 2. The van der Waals surface area contributed by atoms with Gasteiger partial charge in [0.15, 0.2) is 6.10 Å². The molecule has 0 heterocycles. The Labute approximate surface area is 457 Å². The molecule has 0 aliphatic rings. The summed E-state index contributed by atoms with van der Waals surface area (Å²) in [6.45, 7) is 3.39. The summed E-state index contributed by atoms with van der Waals surface area (Å²) in [6, 6.07) is 0. The summed E-state index contributed by atoms with van der Waals surface area (Å²) in [5, 5.41) is 0. The third-order valence-electron chi connectivity index (χ3n) is 11.1. The highest BCUT2D eigenvalue weighted by atomic mass is 31.2. The number of nitrogens with two attached hydrogens (primary N) is 1. The summed E-state index contributed by atoms with van der Waals surface area (Å²) in [6.07, 6.45) is 87.1. The van der Waals surface area contributed by atoms with Crippen molar-refractivity contribution in [2.24, 2.45) is 5.73 Å². The fraction of sp³-hybridized carbons (Fsp3) is 0.538. The number of phosphoric acid groups is 1. The lowest BCUT2D eigenvalue weighted by atomic mass is 10.0. The molecular formula is C65H102NO8P. The number of ether oxygens (including phenoxy) is 2. The summed E-state index contributed by atoms with van der Waals surface area (Å²) in [7, 11) is -4.42. The molecule has 0 spiro atoms. The van der Waals surface area contributed by atoms with Crippen LogP contribution in [0.15, 0.2) is 170 Å². The van der Waals surface area contributed by atoms with E-state index in [9.17, 15) is 19.0 Å². The molecule has 0 aromatic carbocycles. The van der Waals surface area contributed by atoms with Crippen LogP contribution in [0.1, 0.15) is 194 Å². The summed E-state index contributed by atoms with van der Waals surface area (Å²) < 4.78 is 32.9. The molecule has 0 saturated heterocycles. The molecule has 0 aliphatic carbocycles. The van der Waals surface area contributed by atoms with Crippen molar-refractivity contribution in [2.75, 3.05) is 26.4 Å². The molecule has 0 aromatic rings. The van der Waals surface area contributed by atoms with E-state index in [4.69, 9.17) is 24.3 Å². The Morgan fingerprint density at radius 2 is 0.720 bits per heavy atom. The van der Waals surface area contributed by atoms with Crippen molar-refractivity contribution >= 4 is 19.8 Å². The number of carbonyl (C=O) groups excluding carboxylic acids is 2. The SMILES string of the molecule is CC/C=C\C/C=C\C/C=C\C/C=C\C/C=C\C/C=C\C/C=C\C/C=C\CCCCCCCCCCCCC(=O)OC(COC(=O)CC/C=C\C/C=C\C/C=C\C/C=C\C/C=C\C/C=C\CC)COP(=O)(O)OCCN. The highest BCUT2D eigenvalue weighted by molar-refractivity contribution is 7.47. The molecule has 75 heavy (non-hydrogen) atoms. The normalized spacial score (nSPS) is 14.3. The summed E-state index contributed by atoms with van der Waals surface area (Å²) in [4.78, 5) is 35.1. The Balaban J connectivity index is 4.10. The molecule has 0 aromatic heterocycles. The van der Waals surface area contributed by atoms with Gasteiger partial charge >= 0.3 is 19.8 Å². The number of hydrogen-bond donors (Lipinski definition) is 2. The Hall–Kier alpha value is -4.63. The van der Waals surface area contributed by atoms with Gasteiger partial charge in [0.1, 0.15) is 6.61 Å². The fourth-order valence-electron chi connectivity index (χ4n) is 6.97. The van der Waals surface area contributed by atoms with Crippen molar-refractivity contribution in [1.29, 1.82) is 0 Å². The predicted octanol–water partition coefficient (Wildman–Crippen LogP) is 18.3. The predicted molar refractivity (Wildman–Crippen MR) is 320 cm³/mol. The van der Waals surface area contributed by atoms with Crippen LogP contribution in [-0.4, -0.2) is 49.3 Å². The molecule has 0 fully saturated rings. The van der Waals surface area contributed by atoms with Crippen LogP contribution in [-0.2, 0) is 32.7 Å². The Bertz CT molecular complexity index is 1820. The van der Waals surface area contributed by atoms with E-state index in [0.29, 0.717) is 12.8 Å². The minimum absolute atomic E-state index is 0.0337. The molecule has 0 aliphatic heterocycles. The Morgan fingerprint density at radius 1 is 0.400 bits per heavy atom. The second-order valence-corrected chi connectivity index (χ2v) is 19.5. The summed E-state index contributed by atoms with van der Waals surface area (Å²) >= 11 is 0. The van der Waals surface area contributed by atoms with Gasteiger partial charge in [-0.1, -0.05) is 235 Å². The van der Waals surface area contributed by atoms with Crippen LogP contribution in [0.25, 0.3) is 0 Å². The van der Waals surface area contributed by atoms with Gasteiger partial charge in [0.25, 0.3) is 0 Å². The number of hydrogen-bond acceptors (Lipinski definition) is 8. The number of esters is 2. The quantitative estimate of drug-likeness (QED) is 0.0264. The first-order valence-corrected chi connectivity index (χ1v) is 30.1. The van der Waals surface area contributed by atoms with Crippen LogP contribution in [0.3, 0.4) is 0 Å².